The summed E-state index contributed by atoms with van der Waals surface area (Å²) in [4.78, 5) is 34.6. The van der Waals surface area contributed by atoms with Gasteiger partial charge in [0.05, 0.1) is 21.5 Å². The zero-order valence-electron chi connectivity index (χ0n) is 13.1. The quantitative estimate of drug-likeness (QED) is 0.616. The van der Waals surface area contributed by atoms with Crippen LogP contribution in [0.2, 0.25) is 0 Å². The van der Waals surface area contributed by atoms with Crippen LogP contribution >= 0.6 is 0 Å². The lowest BCUT2D eigenvalue weighted by Gasteiger charge is -2.22. The Kier molecular flexibility index (Phi) is 4.88. The van der Waals surface area contributed by atoms with Crippen LogP contribution in [-0.2, 0) is 0 Å². The van der Waals surface area contributed by atoms with Crippen LogP contribution in [0.15, 0.2) is 42.5 Å². The maximum absolute atomic E-state index is 12.8. The van der Waals surface area contributed by atoms with Crippen molar-refractivity contribution < 1.29 is 14.6 Å². The summed E-state index contributed by atoms with van der Waals surface area (Å²) in [6.45, 7) is 3.91. The predicted octanol–water partition coefficient (Wildman–Crippen LogP) is 3.48. The van der Waals surface area contributed by atoms with E-state index in [4.69, 9.17) is 0 Å². The van der Waals surface area contributed by atoms with E-state index in [1.807, 2.05) is 19.1 Å². The first kappa shape index (κ1) is 17.1. The fraction of sp³-hybridized carbons (Fsp3) is 0.188. The molecule has 0 aliphatic heterocycles. The largest absolute Gasteiger partial charge is 0.308 e. The first-order valence-corrected chi connectivity index (χ1v) is 7.16. The van der Waals surface area contributed by atoms with Gasteiger partial charge in [-0.2, -0.15) is 0 Å². The van der Waals surface area contributed by atoms with Crippen molar-refractivity contribution in [1.29, 1.82) is 0 Å². The lowest BCUT2D eigenvalue weighted by Crippen LogP contribution is -2.31. The van der Waals surface area contributed by atoms with Gasteiger partial charge in [-0.1, -0.05) is 18.2 Å². The number of hydrogen-bond acceptors (Lipinski definition) is 5. The van der Waals surface area contributed by atoms with Crippen LogP contribution in [0.5, 0.6) is 0 Å². The predicted molar refractivity (Wildman–Crippen MR) is 88.3 cm³/mol. The van der Waals surface area contributed by atoms with Gasteiger partial charge in [-0.3, -0.25) is 25.0 Å². The number of aryl methyl sites for hydroxylation is 1. The molecule has 0 saturated heterocycles. The summed E-state index contributed by atoms with van der Waals surface area (Å²) in [5.41, 5.74) is 0.426. The Balaban J connectivity index is 2.53. The summed E-state index contributed by atoms with van der Waals surface area (Å²) in [6, 6.07) is 10.1. The molecule has 24 heavy (non-hydrogen) atoms. The standard InChI is InChI=1S/C16H15N3O5/c1-3-17(15-7-5-4-6-11(15)2)16(20)12-8-13(18(21)22)10-14(9-12)19(23)24/h4-10H,3H2,1-2H3. The molecule has 0 spiro atoms. The molecule has 124 valence electrons. The number of carbonyl (C=O) groups is 1. The third-order valence-electron chi connectivity index (χ3n) is 3.54. The molecule has 0 fully saturated rings. The van der Waals surface area contributed by atoms with Crippen LogP contribution in [-0.4, -0.2) is 22.3 Å². The van der Waals surface area contributed by atoms with E-state index >= 15 is 0 Å². The second-order valence-electron chi connectivity index (χ2n) is 5.09. The van der Waals surface area contributed by atoms with Crippen molar-refractivity contribution >= 4 is 23.0 Å². The van der Waals surface area contributed by atoms with Crippen LogP contribution < -0.4 is 4.90 Å². The molecule has 0 bridgehead atoms. The van der Waals surface area contributed by atoms with E-state index in [1.54, 1.807) is 19.1 Å². The van der Waals surface area contributed by atoms with E-state index in [0.717, 1.165) is 23.8 Å². The number of nitro benzene ring substituents is 2. The van der Waals surface area contributed by atoms with Gasteiger partial charge in [0.2, 0.25) is 0 Å². The van der Waals surface area contributed by atoms with Gasteiger partial charge in [0.15, 0.2) is 0 Å². The van der Waals surface area contributed by atoms with Gasteiger partial charge in [-0.25, -0.2) is 0 Å². The summed E-state index contributed by atoms with van der Waals surface area (Å²) in [5.74, 6) is -0.529. The molecule has 0 saturated carbocycles. The number of benzene rings is 2. The van der Waals surface area contributed by atoms with Crippen LogP contribution in [0, 0.1) is 27.2 Å². The number of anilines is 1. The van der Waals surface area contributed by atoms with Crippen LogP contribution in [0.4, 0.5) is 17.1 Å². The minimum Gasteiger partial charge on any atom is -0.308 e. The van der Waals surface area contributed by atoms with Crippen molar-refractivity contribution in [2.75, 3.05) is 11.4 Å². The molecular weight excluding hydrogens is 314 g/mol. The Morgan fingerprint density at radius 2 is 1.58 bits per heavy atom. The first-order chi connectivity index (χ1) is 11.3. The highest BCUT2D eigenvalue weighted by Crippen LogP contribution is 2.26. The number of nitrogens with zero attached hydrogens (tertiary/aromatic N) is 3. The number of carbonyl (C=O) groups excluding carboxylic acids is 1. The molecule has 0 aromatic heterocycles. The maximum atomic E-state index is 12.8. The number of amides is 1. The highest BCUT2D eigenvalue weighted by molar-refractivity contribution is 6.07. The molecule has 0 atom stereocenters. The molecule has 0 heterocycles. The van der Waals surface area contributed by atoms with Gasteiger partial charge in [-0.05, 0) is 25.5 Å². The van der Waals surface area contributed by atoms with Gasteiger partial charge < -0.3 is 4.90 Å². The molecule has 2 aromatic rings. The van der Waals surface area contributed by atoms with E-state index < -0.39 is 27.1 Å². The fourth-order valence-corrected chi connectivity index (χ4v) is 2.37. The Labute approximate surface area is 137 Å². The lowest BCUT2D eigenvalue weighted by atomic mass is 10.1. The first-order valence-electron chi connectivity index (χ1n) is 7.16. The van der Waals surface area contributed by atoms with Crippen molar-refractivity contribution in [2.45, 2.75) is 13.8 Å². The second-order valence-corrected chi connectivity index (χ2v) is 5.09. The summed E-state index contributed by atoms with van der Waals surface area (Å²) >= 11 is 0. The van der Waals surface area contributed by atoms with Crippen molar-refractivity contribution in [3.8, 4) is 0 Å². The minimum atomic E-state index is -0.756. The van der Waals surface area contributed by atoms with Crippen molar-refractivity contribution in [3.05, 3.63) is 73.8 Å². The minimum absolute atomic E-state index is 0.0963. The number of hydrogen-bond donors (Lipinski definition) is 0. The maximum Gasteiger partial charge on any atom is 0.277 e. The van der Waals surface area contributed by atoms with E-state index in [1.165, 1.54) is 4.90 Å². The van der Waals surface area contributed by atoms with Gasteiger partial charge >= 0.3 is 0 Å². The summed E-state index contributed by atoms with van der Waals surface area (Å²) in [7, 11) is 0. The van der Waals surface area contributed by atoms with E-state index in [-0.39, 0.29) is 5.56 Å². The smallest absolute Gasteiger partial charge is 0.277 e. The molecule has 0 N–H and O–H groups in total. The molecule has 0 unspecified atom stereocenters. The van der Waals surface area contributed by atoms with Crippen molar-refractivity contribution in [2.24, 2.45) is 0 Å². The third-order valence-corrected chi connectivity index (χ3v) is 3.54. The summed E-state index contributed by atoms with van der Waals surface area (Å²) in [6.07, 6.45) is 0. The second kappa shape index (κ2) is 6.86. The van der Waals surface area contributed by atoms with Crippen LogP contribution in [0.25, 0.3) is 0 Å². The average Bonchev–Trinajstić information content (AvgIpc) is 2.56. The van der Waals surface area contributed by atoms with E-state index in [9.17, 15) is 25.0 Å². The Morgan fingerprint density at radius 3 is 2.04 bits per heavy atom. The Morgan fingerprint density at radius 1 is 1.04 bits per heavy atom. The highest BCUT2D eigenvalue weighted by Gasteiger charge is 2.24. The van der Waals surface area contributed by atoms with Crippen molar-refractivity contribution in [1.82, 2.24) is 0 Å². The third kappa shape index (κ3) is 3.37. The normalized spacial score (nSPS) is 10.2. The summed E-state index contributed by atoms with van der Waals surface area (Å²) < 4.78 is 0. The van der Waals surface area contributed by atoms with Gasteiger partial charge in [-0.15, -0.1) is 0 Å². The molecule has 0 radical (unpaired) electrons. The molecule has 1 amide bonds. The zero-order valence-corrected chi connectivity index (χ0v) is 13.1. The Bertz CT molecular complexity index is 787. The van der Waals surface area contributed by atoms with E-state index in [2.05, 4.69) is 0 Å². The molecule has 8 nitrogen and oxygen atoms in total. The monoisotopic (exact) mass is 329 g/mol. The van der Waals surface area contributed by atoms with Crippen LogP contribution in [0.1, 0.15) is 22.8 Å². The average molecular weight is 329 g/mol. The molecular formula is C16H15N3O5. The highest BCUT2D eigenvalue weighted by atomic mass is 16.6. The molecule has 8 heteroatoms. The zero-order chi connectivity index (χ0) is 17.9. The van der Waals surface area contributed by atoms with Crippen molar-refractivity contribution in [3.63, 3.8) is 0 Å². The van der Waals surface area contributed by atoms with E-state index in [0.29, 0.717) is 12.2 Å². The molecule has 2 rings (SSSR count). The topological polar surface area (TPSA) is 107 Å². The molecule has 0 aliphatic carbocycles. The van der Waals surface area contributed by atoms with Gasteiger partial charge in [0.25, 0.3) is 17.3 Å². The van der Waals surface area contributed by atoms with Gasteiger partial charge in [0, 0.05) is 24.4 Å². The molecule has 0 aliphatic rings. The van der Waals surface area contributed by atoms with Crippen LogP contribution in [0.3, 0.4) is 0 Å². The number of nitro groups is 2. The number of non-ortho nitro benzene ring substituents is 2. The number of rotatable bonds is 5. The Hall–Kier alpha value is -3.29. The lowest BCUT2D eigenvalue weighted by molar-refractivity contribution is -0.394. The SMILES string of the molecule is CCN(C(=O)c1cc([N+](=O)[O-])cc([N+](=O)[O-])c1)c1ccccc1C. The fourth-order valence-electron chi connectivity index (χ4n) is 2.37. The molecule has 2 aromatic carbocycles. The summed E-state index contributed by atoms with van der Waals surface area (Å²) in [5, 5.41) is 21.9. The van der Waals surface area contributed by atoms with Gasteiger partial charge in [0.1, 0.15) is 0 Å². The number of para-hydroxylation sites is 1.